The van der Waals surface area contributed by atoms with Crippen LogP contribution in [0.15, 0.2) is 30.3 Å². The predicted octanol–water partition coefficient (Wildman–Crippen LogP) is 2.36. The van der Waals surface area contributed by atoms with Crippen LogP contribution in [0.2, 0.25) is 0 Å². The van der Waals surface area contributed by atoms with Crippen LogP contribution in [0.1, 0.15) is 45.6 Å². The third-order valence-corrected chi connectivity index (χ3v) is 5.88. The number of hydrogen-bond acceptors (Lipinski definition) is 7. The number of hydrogen-bond donors (Lipinski definition) is 2. The quantitative estimate of drug-likeness (QED) is 0.478. The summed E-state index contributed by atoms with van der Waals surface area (Å²) in [4.78, 5) is 51.1. The fourth-order valence-electron chi connectivity index (χ4n) is 4.03. The highest BCUT2D eigenvalue weighted by molar-refractivity contribution is 5.84. The van der Waals surface area contributed by atoms with Gasteiger partial charge in [0.2, 0.25) is 5.91 Å². The van der Waals surface area contributed by atoms with Gasteiger partial charge in [0.1, 0.15) is 18.2 Å². The first-order valence-corrected chi connectivity index (χ1v) is 11.4. The van der Waals surface area contributed by atoms with Gasteiger partial charge in [0.25, 0.3) is 0 Å². The molecule has 0 bridgehead atoms. The molecule has 10 heteroatoms. The van der Waals surface area contributed by atoms with Crippen LogP contribution < -0.4 is 10.6 Å². The van der Waals surface area contributed by atoms with Crippen molar-refractivity contribution in [3.63, 3.8) is 0 Å². The number of carbonyl (C=O) groups excluding carboxylic acids is 4. The average Bonchev–Trinajstić information content (AvgIpc) is 3.18. The molecule has 1 heterocycles. The van der Waals surface area contributed by atoms with Crippen LogP contribution in [0.3, 0.4) is 0 Å². The van der Waals surface area contributed by atoms with Crippen LogP contribution in [0.4, 0.5) is 9.59 Å². The van der Waals surface area contributed by atoms with Crippen molar-refractivity contribution in [3.8, 4) is 0 Å². The summed E-state index contributed by atoms with van der Waals surface area (Å²) in [5.74, 6) is -1.21. The second kappa shape index (κ2) is 10.8. The maximum Gasteiger partial charge on any atom is 0.411 e. The standard InChI is InChI=1S/C24H33N3O7/c1-24(2,3)34-23(31)27-13-16(12-19(27)21(29)32-4)25-20(28)17-10-11-18(17)26-22(30)33-14-15-8-6-5-7-9-15/h5-9,16-19H,10-14H2,1-4H3,(H,25,28)(H,26,30)/t16-,17+,18-,19-/m0/s1. The van der Waals surface area contributed by atoms with Gasteiger partial charge in [-0.3, -0.25) is 9.69 Å². The number of methoxy groups -OCH3 is 1. The van der Waals surface area contributed by atoms with Crippen molar-refractivity contribution in [2.75, 3.05) is 13.7 Å². The van der Waals surface area contributed by atoms with Crippen LogP contribution in [-0.2, 0) is 30.4 Å². The van der Waals surface area contributed by atoms with Gasteiger partial charge in [-0.25, -0.2) is 14.4 Å². The van der Waals surface area contributed by atoms with Crippen molar-refractivity contribution in [1.82, 2.24) is 15.5 Å². The monoisotopic (exact) mass is 475 g/mol. The average molecular weight is 476 g/mol. The van der Waals surface area contributed by atoms with Crippen molar-refractivity contribution < 1.29 is 33.4 Å². The highest BCUT2D eigenvalue weighted by Crippen LogP contribution is 2.29. The van der Waals surface area contributed by atoms with E-state index in [1.165, 1.54) is 12.0 Å². The van der Waals surface area contributed by atoms with E-state index in [1.807, 2.05) is 30.3 Å². The van der Waals surface area contributed by atoms with Crippen LogP contribution in [0.25, 0.3) is 0 Å². The summed E-state index contributed by atoms with van der Waals surface area (Å²) >= 11 is 0. The van der Waals surface area contributed by atoms with E-state index in [2.05, 4.69) is 10.6 Å². The Balaban J connectivity index is 1.51. The van der Waals surface area contributed by atoms with Crippen molar-refractivity contribution in [2.45, 2.75) is 70.4 Å². The van der Waals surface area contributed by atoms with Gasteiger partial charge in [-0.15, -0.1) is 0 Å². The minimum absolute atomic E-state index is 0.129. The Kier molecular flexibility index (Phi) is 8.01. The number of rotatable bonds is 6. The molecule has 0 unspecified atom stereocenters. The summed E-state index contributed by atoms with van der Waals surface area (Å²) in [6, 6.07) is 7.71. The number of ether oxygens (including phenoxy) is 3. The second-order valence-corrected chi connectivity index (χ2v) is 9.61. The SMILES string of the molecule is COC(=O)[C@@H]1C[C@H](NC(=O)[C@@H]2CC[C@@H]2NC(=O)OCc2ccccc2)CN1C(=O)OC(C)(C)C. The summed E-state index contributed by atoms with van der Waals surface area (Å²) in [6.07, 6.45) is 0.302. The molecule has 10 nitrogen and oxygen atoms in total. The van der Waals surface area contributed by atoms with Crippen molar-refractivity contribution in [2.24, 2.45) is 5.92 Å². The molecule has 1 aromatic rings. The summed E-state index contributed by atoms with van der Waals surface area (Å²) in [6.45, 7) is 5.49. The predicted molar refractivity (Wildman–Crippen MR) is 122 cm³/mol. The van der Waals surface area contributed by atoms with E-state index >= 15 is 0 Å². The number of esters is 1. The molecule has 1 saturated heterocycles. The maximum atomic E-state index is 12.8. The number of nitrogens with zero attached hydrogens (tertiary/aromatic N) is 1. The van der Waals surface area contributed by atoms with E-state index in [1.54, 1.807) is 20.8 Å². The molecular weight excluding hydrogens is 442 g/mol. The first-order chi connectivity index (χ1) is 16.1. The molecule has 1 aliphatic carbocycles. The Morgan fingerprint density at radius 1 is 1.06 bits per heavy atom. The molecule has 2 N–H and O–H groups in total. The maximum absolute atomic E-state index is 12.8. The van der Waals surface area contributed by atoms with Gasteiger partial charge in [0.15, 0.2) is 0 Å². The number of alkyl carbamates (subject to hydrolysis) is 1. The van der Waals surface area contributed by atoms with Crippen LogP contribution in [0, 0.1) is 5.92 Å². The van der Waals surface area contributed by atoms with Gasteiger partial charge in [0.05, 0.1) is 13.0 Å². The van der Waals surface area contributed by atoms with E-state index in [9.17, 15) is 19.2 Å². The normalized spacial score (nSPS) is 23.9. The Hall–Kier alpha value is -3.30. The Labute approximate surface area is 199 Å². The lowest BCUT2D eigenvalue weighted by atomic mass is 9.79. The molecule has 186 valence electrons. The third kappa shape index (κ3) is 6.61. The minimum Gasteiger partial charge on any atom is -0.467 e. The molecule has 0 aromatic heterocycles. The lowest BCUT2D eigenvalue weighted by Gasteiger charge is -2.36. The number of benzene rings is 1. The Bertz CT molecular complexity index is 900. The van der Waals surface area contributed by atoms with Crippen molar-refractivity contribution in [1.29, 1.82) is 0 Å². The third-order valence-electron chi connectivity index (χ3n) is 5.88. The number of likely N-dealkylation sites (tertiary alicyclic amines) is 1. The molecule has 1 saturated carbocycles. The van der Waals surface area contributed by atoms with Crippen LogP contribution in [0.5, 0.6) is 0 Å². The summed E-state index contributed by atoms with van der Waals surface area (Å²) < 4.78 is 15.5. The van der Waals surface area contributed by atoms with E-state index in [-0.39, 0.29) is 31.5 Å². The Morgan fingerprint density at radius 3 is 2.35 bits per heavy atom. The molecule has 0 spiro atoms. The smallest absolute Gasteiger partial charge is 0.411 e. The molecular formula is C24H33N3O7. The van der Waals surface area contributed by atoms with E-state index in [0.717, 1.165) is 5.56 Å². The zero-order chi connectivity index (χ0) is 24.9. The first-order valence-electron chi connectivity index (χ1n) is 11.4. The van der Waals surface area contributed by atoms with Crippen LogP contribution in [-0.4, -0.2) is 66.3 Å². The van der Waals surface area contributed by atoms with Gasteiger partial charge in [0, 0.05) is 25.0 Å². The van der Waals surface area contributed by atoms with E-state index in [4.69, 9.17) is 14.2 Å². The molecule has 4 atom stereocenters. The molecule has 1 aliphatic heterocycles. The lowest BCUT2D eigenvalue weighted by molar-refractivity contribution is -0.145. The lowest BCUT2D eigenvalue weighted by Crippen LogP contribution is -2.54. The number of carbonyl (C=O) groups is 4. The molecule has 2 fully saturated rings. The molecule has 3 amide bonds. The fourth-order valence-corrected chi connectivity index (χ4v) is 4.03. The summed E-state index contributed by atoms with van der Waals surface area (Å²) in [5.41, 5.74) is 0.149. The summed E-state index contributed by atoms with van der Waals surface area (Å²) in [7, 11) is 1.25. The van der Waals surface area contributed by atoms with Gasteiger partial charge in [-0.2, -0.15) is 0 Å². The fraction of sp³-hybridized carbons (Fsp3) is 0.583. The van der Waals surface area contributed by atoms with E-state index < -0.39 is 41.8 Å². The Morgan fingerprint density at radius 2 is 1.76 bits per heavy atom. The van der Waals surface area contributed by atoms with Crippen molar-refractivity contribution >= 4 is 24.1 Å². The largest absolute Gasteiger partial charge is 0.467 e. The topological polar surface area (TPSA) is 123 Å². The molecule has 0 radical (unpaired) electrons. The first kappa shape index (κ1) is 25.3. The second-order valence-electron chi connectivity index (χ2n) is 9.61. The van der Waals surface area contributed by atoms with Gasteiger partial charge >= 0.3 is 18.2 Å². The highest BCUT2D eigenvalue weighted by atomic mass is 16.6. The highest BCUT2D eigenvalue weighted by Gasteiger charge is 2.44. The number of amides is 3. The van der Waals surface area contributed by atoms with Crippen LogP contribution >= 0.6 is 0 Å². The number of nitrogens with one attached hydrogen (secondary N) is 2. The van der Waals surface area contributed by atoms with E-state index in [0.29, 0.717) is 12.8 Å². The van der Waals surface area contributed by atoms with Gasteiger partial charge in [-0.1, -0.05) is 30.3 Å². The molecule has 2 aliphatic rings. The van der Waals surface area contributed by atoms with Gasteiger partial charge in [-0.05, 0) is 39.2 Å². The van der Waals surface area contributed by atoms with Gasteiger partial charge < -0.3 is 24.8 Å². The molecule has 34 heavy (non-hydrogen) atoms. The zero-order valence-corrected chi connectivity index (χ0v) is 20.0. The molecule has 1 aromatic carbocycles. The minimum atomic E-state index is -0.839. The molecule has 3 rings (SSSR count). The zero-order valence-electron chi connectivity index (χ0n) is 20.0. The van der Waals surface area contributed by atoms with Crippen molar-refractivity contribution in [3.05, 3.63) is 35.9 Å². The summed E-state index contributed by atoms with van der Waals surface area (Å²) in [5, 5.41) is 5.66.